The van der Waals surface area contributed by atoms with Crippen molar-refractivity contribution in [2.75, 3.05) is 5.75 Å². The minimum Gasteiger partial charge on any atom is -0.510 e. The first-order valence-corrected chi connectivity index (χ1v) is 11.8. The van der Waals surface area contributed by atoms with E-state index in [1.165, 1.54) is 21.2 Å². The van der Waals surface area contributed by atoms with Crippen molar-refractivity contribution in [3.8, 4) is 6.07 Å². The van der Waals surface area contributed by atoms with Crippen LogP contribution < -0.4 is 5.56 Å². The smallest absolute Gasteiger partial charge is 0.262 e. The minimum absolute atomic E-state index is 0.0480. The summed E-state index contributed by atoms with van der Waals surface area (Å²) in [4.78, 5) is 27.2. The average molecular weight is 450 g/mol. The summed E-state index contributed by atoms with van der Waals surface area (Å²) < 4.78 is 1.54. The lowest BCUT2D eigenvalue weighted by molar-refractivity contribution is 0.420. The zero-order valence-corrected chi connectivity index (χ0v) is 18.4. The predicted octanol–water partition coefficient (Wildman–Crippen LogP) is 4.34. The van der Waals surface area contributed by atoms with E-state index in [1.807, 2.05) is 30.3 Å². The number of fused-ring (bicyclic) bond motifs is 4. The Labute approximate surface area is 186 Å². The first-order valence-electron chi connectivity index (χ1n) is 9.98. The molecule has 1 aliphatic rings. The number of thiophene rings is 1. The van der Waals surface area contributed by atoms with Gasteiger partial charge in [0.1, 0.15) is 22.2 Å². The lowest BCUT2D eigenvalue weighted by atomic mass is 9.97. The molecule has 0 fully saturated rings. The summed E-state index contributed by atoms with van der Waals surface area (Å²) in [5, 5.41) is 21.5. The van der Waals surface area contributed by atoms with Gasteiger partial charge >= 0.3 is 0 Å². The molecule has 1 aromatic carbocycles. The molecule has 5 rings (SSSR count). The summed E-state index contributed by atoms with van der Waals surface area (Å²) in [5.74, 6) is 0.327. The second-order valence-corrected chi connectivity index (χ2v) is 9.50. The molecule has 0 amide bonds. The Hall–Kier alpha value is -3.09. The van der Waals surface area contributed by atoms with Crippen LogP contribution in [-0.2, 0) is 19.9 Å². The van der Waals surface area contributed by atoms with Crippen LogP contribution in [0.5, 0.6) is 0 Å². The van der Waals surface area contributed by atoms with Crippen molar-refractivity contribution in [3.05, 3.63) is 56.6 Å². The summed E-state index contributed by atoms with van der Waals surface area (Å²) >= 11 is 2.83. The highest BCUT2D eigenvalue weighted by Crippen LogP contribution is 2.34. The molecule has 0 bridgehead atoms. The number of aromatic nitrogens is 4. The van der Waals surface area contributed by atoms with E-state index in [4.69, 9.17) is 4.98 Å². The fraction of sp³-hybridized carbons (Fsp3) is 0.273. The SMILES string of the molecule is Cn1c(SC/C(O)=C(\C#N)c2nc3ccccc3[nH]2)nc2sc3c(c2c1=O)CCCC3. The summed E-state index contributed by atoms with van der Waals surface area (Å²) in [5.41, 5.74) is 2.72. The Morgan fingerprint density at radius 3 is 2.94 bits per heavy atom. The van der Waals surface area contributed by atoms with E-state index in [0.29, 0.717) is 11.0 Å². The third-order valence-corrected chi connectivity index (χ3v) is 7.75. The number of nitriles is 1. The number of hydrogen-bond acceptors (Lipinski definition) is 7. The highest BCUT2D eigenvalue weighted by atomic mass is 32.2. The maximum absolute atomic E-state index is 13.0. The average Bonchev–Trinajstić information content (AvgIpc) is 3.36. The highest BCUT2D eigenvalue weighted by Gasteiger charge is 2.22. The molecule has 3 heterocycles. The topological polar surface area (TPSA) is 108 Å². The molecule has 0 atom stereocenters. The van der Waals surface area contributed by atoms with E-state index in [-0.39, 0.29) is 22.6 Å². The van der Waals surface area contributed by atoms with E-state index in [2.05, 4.69) is 9.97 Å². The van der Waals surface area contributed by atoms with Crippen LogP contribution in [0, 0.1) is 11.3 Å². The van der Waals surface area contributed by atoms with Crippen molar-refractivity contribution in [1.82, 2.24) is 19.5 Å². The van der Waals surface area contributed by atoms with Gasteiger partial charge in [0.25, 0.3) is 5.56 Å². The number of nitrogens with one attached hydrogen (secondary N) is 1. The molecular formula is C22H19N5O2S2. The van der Waals surface area contributed by atoms with E-state index in [1.54, 1.807) is 18.4 Å². The minimum atomic E-state index is -0.105. The van der Waals surface area contributed by atoms with Gasteiger partial charge in [-0.1, -0.05) is 23.9 Å². The number of imidazole rings is 1. The van der Waals surface area contributed by atoms with Crippen molar-refractivity contribution >= 4 is 49.9 Å². The monoisotopic (exact) mass is 449 g/mol. The van der Waals surface area contributed by atoms with Gasteiger partial charge < -0.3 is 10.1 Å². The van der Waals surface area contributed by atoms with Crippen LogP contribution in [0.15, 0.2) is 40.0 Å². The standard InChI is InChI=1S/C22H19N5O2S2/c1-27-21(29)18-12-6-2-5-9-17(12)31-20(18)26-22(27)30-11-16(28)13(10-23)19-24-14-7-3-4-8-15(14)25-19/h3-4,7-8,28H,2,5-6,9,11H2,1H3,(H,24,25)/b16-13-. The van der Waals surface area contributed by atoms with Crippen LogP contribution in [0.3, 0.4) is 0 Å². The molecule has 1 aliphatic carbocycles. The third kappa shape index (κ3) is 3.42. The fourth-order valence-corrected chi connectivity index (χ4v) is 6.08. The van der Waals surface area contributed by atoms with Gasteiger partial charge in [0.2, 0.25) is 0 Å². The van der Waals surface area contributed by atoms with E-state index in [0.717, 1.165) is 52.5 Å². The van der Waals surface area contributed by atoms with Crippen molar-refractivity contribution in [2.45, 2.75) is 30.8 Å². The van der Waals surface area contributed by atoms with Crippen molar-refractivity contribution in [1.29, 1.82) is 5.26 Å². The molecule has 9 heteroatoms. The molecular weight excluding hydrogens is 430 g/mol. The molecule has 3 aromatic heterocycles. The third-order valence-electron chi connectivity index (χ3n) is 5.52. The second kappa shape index (κ2) is 7.87. The Morgan fingerprint density at radius 1 is 1.32 bits per heavy atom. The Bertz CT molecular complexity index is 1420. The lowest BCUT2D eigenvalue weighted by Gasteiger charge is -2.11. The normalized spacial score (nSPS) is 14.5. The van der Waals surface area contributed by atoms with Crippen LogP contribution in [0.1, 0.15) is 29.1 Å². The summed E-state index contributed by atoms with van der Waals surface area (Å²) in [6, 6.07) is 9.48. The summed E-state index contributed by atoms with van der Waals surface area (Å²) in [6.45, 7) is 0. The number of hydrogen-bond donors (Lipinski definition) is 2. The number of aromatic amines is 1. The molecule has 0 saturated heterocycles. The molecule has 0 saturated carbocycles. The first-order chi connectivity index (χ1) is 15.1. The molecule has 31 heavy (non-hydrogen) atoms. The Balaban J connectivity index is 1.47. The number of aliphatic hydroxyl groups excluding tert-OH is 1. The molecule has 0 radical (unpaired) electrons. The molecule has 2 N–H and O–H groups in total. The van der Waals surface area contributed by atoms with Crippen molar-refractivity contribution in [3.63, 3.8) is 0 Å². The van der Waals surface area contributed by atoms with Gasteiger partial charge in [0, 0.05) is 11.9 Å². The number of allylic oxidation sites excluding steroid dienone is 1. The van der Waals surface area contributed by atoms with Gasteiger partial charge in [-0.3, -0.25) is 9.36 Å². The molecule has 0 aliphatic heterocycles. The molecule has 0 unspecified atom stereocenters. The van der Waals surface area contributed by atoms with Crippen molar-refractivity contribution < 1.29 is 5.11 Å². The number of nitrogens with zero attached hydrogens (tertiary/aromatic N) is 4. The largest absolute Gasteiger partial charge is 0.510 e. The highest BCUT2D eigenvalue weighted by molar-refractivity contribution is 7.99. The molecule has 0 spiro atoms. The molecule has 4 aromatic rings. The molecule has 156 valence electrons. The van der Waals surface area contributed by atoms with Gasteiger partial charge in [0.15, 0.2) is 11.0 Å². The number of benzene rings is 1. The maximum Gasteiger partial charge on any atom is 0.262 e. The number of H-pyrrole nitrogens is 1. The van der Waals surface area contributed by atoms with E-state index in [9.17, 15) is 15.2 Å². The van der Waals surface area contributed by atoms with Gasteiger partial charge in [-0.2, -0.15) is 5.26 Å². The summed E-state index contributed by atoms with van der Waals surface area (Å²) in [6.07, 6.45) is 4.20. The summed E-state index contributed by atoms with van der Waals surface area (Å²) in [7, 11) is 1.70. The molecule has 7 nitrogen and oxygen atoms in total. The van der Waals surface area contributed by atoms with Crippen LogP contribution in [0.25, 0.3) is 26.8 Å². The number of para-hydroxylation sites is 2. The van der Waals surface area contributed by atoms with E-state index >= 15 is 0 Å². The fourth-order valence-electron chi connectivity index (χ4n) is 3.93. The number of thioether (sulfide) groups is 1. The number of aryl methyl sites for hydroxylation is 2. The second-order valence-electron chi connectivity index (χ2n) is 7.47. The lowest BCUT2D eigenvalue weighted by Crippen LogP contribution is -2.20. The van der Waals surface area contributed by atoms with Crippen LogP contribution >= 0.6 is 23.1 Å². The van der Waals surface area contributed by atoms with Gasteiger partial charge in [0.05, 0.1) is 22.2 Å². The maximum atomic E-state index is 13.0. The van der Waals surface area contributed by atoms with Crippen LogP contribution in [0.2, 0.25) is 0 Å². The predicted molar refractivity (Wildman–Crippen MR) is 123 cm³/mol. The van der Waals surface area contributed by atoms with Crippen LogP contribution in [-0.4, -0.2) is 30.4 Å². The van der Waals surface area contributed by atoms with Crippen LogP contribution in [0.4, 0.5) is 0 Å². The number of rotatable bonds is 4. The quantitative estimate of drug-likeness (QED) is 0.208. The van der Waals surface area contributed by atoms with Gasteiger partial charge in [-0.25, -0.2) is 9.97 Å². The van der Waals surface area contributed by atoms with E-state index < -0.39 is 0 Å². The van der Waals surface area contributed by atoms with Gasteiger partial charge in [-0.15, -0.1) is 11.3 Å². The number of aliphatic hydroxyl groups is 1. The van der Waals surface area contributed by atoms with Crippen molar-refractivity contribution in [2.24, 2.45) is 7.05 Å². The zero-order chi connectivity index (χ0) is 21.5. The first kappa shape index (κ1) is 19.8. The zero-order valence-electron chi connectivity index (χ0n) is 16.8. The Kier molecular flexibility index (Phi) is 5.04. The van der Waals surface area contributed by atoms with Gasteiger partial charge in [-0.05, 0) is 43.4 Å². The Morgan fingerprint density at radius 2 is 2.13 bits per heavy atom.